The van der Waals surface area contributed by atoms with Gasteiger partial charge < -0.3 is 9.32 Å². The second-order valence-electron chi connectivity index (χ2n) is 5.29. The molecule has 2 atom stereocenters. The molecular weight excluding hydrogens is 274 g/mol. The first-order valence-corrected chi connectivity index (χ1v) is 7.06. The van der Waals surface area contributed by atoms with E-state index in [0.29, 0.717) is 11.6 Å². The van der Waals surface area contributed by atoms with Crippen LogP contribution < -0.4 is 0 Å². The predicted octanol–water partition coefficient (Wildman–Crippen LogP) is 3.70. The normalized spacial score (nSPS) is 20.7. The van der Waals surface area contributed by atoms with Crippen molar-refractivity contribution in [3.05, 3.63) is 59.0 Å². The van der Waals surface area contributed by atoms with Gasteiger partial charge in [-0.1, -0.05) is 23.7 Å². The van der Waals surface area contributed by atoms with E-state index < -0.39 is 0 Å². The van der Waals surface area contributed by atoms with Gasteiger partial charge in [-0.05, 0) is 36.2 Å². The summed E-state index contributed by atoms with van der Waals surface area (Å²) in [7, 11) is 1.83. The molecule has 4 heteroatoms. The van der Waals surface area contributed by atoms with Gasteiger partial charge in [-0.2, -0.15) is 0 Å². The number of amides is 1. The highest BCUT2D eigenvalue weighted by atomic mass is 35.5. The third kappa shape index (κ3) is 2.73. The molecule has 20 heavy (non-hydrogen) atoms. The number of carbonyl (C=O) groups is 1. The number of rotatable bonds is 4. The molecule has 1 saturated carbocycles. The molecule has 0 aliphatic heterocycles. The van der Waals surface area contributed by atoms with E-state index in [1.165, 1.54) is 0 Å². The van der Waals surface area contributed by atoms with E-state index in [1.54, 1.807) is 11.2 Å². The van der Waals surface area contributed by atoms with Crippen LogP contribution in [0.4, 0.5) is 0 Å². The van der Waals surface area contributed by atoms with Gasteiger partial charge in [-0.15, -0.1) is 0 Å². The summed E-state index contributed by atoms with van der Waals surface area (Å²) in [5.41, 5.74) is 1.04. The Morgan fingerprint density at radius 1 is 1.40 bits per heavy atom. The monoisotopic (exact) mass is 289 g/mol. The Morgan fingerprint density at radius 3 is 2.95 bits per heavy atom. The minimum absolute atomic E-state index is 0.0605. The zero-order valence-electron chi connectivity index (χ0n) is 11.3. The lowest BCUT2D eigenvalue weighted by Gasteiger charge is -2.17. The van der Waals surface area contributed by atoms with Crippen LogP contribution in [0.3, 0.4) is 0 Å². The van der Waals surface area contributed by atoms with Gasteiger partial charge in [0.25, 0.3) is 0 Å². The number of halogens is 1. The Bertz CT molecular complexity index is 609. The highest BCUT2D eigenvalue weighted by molar-refractivity contribution is 6.30. The molecule has 2 unspecified atom stereocenters. The molecule has 3 nitrogen and oxygen atoms in total. The molecule has 1 aliphatic carbocycles. The van der Waals surface area contributed by atoms with Gasteiger partial charge in [0.05, 0.1) is 6.26 Å². The number of hydrogen-bond acceptors (Lipinski definition) is 2. The summed E-state index contributed by atoms with van der Waals surface area (Å²) < 4.78 is 5.36. The third-order valence-electron chi connectivity index (χ3n) is 3.70. The fourth-order valence-corrected chi connectivity index (χ4v) is 2.77. The van der Waals surface area contributed by atoms with Crippen molar-refractivity contribution >= 4 is 17.5 Å². The zero-order chi connectivity index (χ0) is 14.1. The molecule has 1 aromatic heterocycles. The van der Waals surface area contributed by atoms with Crippen molar-refractivity contribution in [1.82, 2.24) is 4.90 Å². The molecule has 3 rings (SSSR count). The Labute approximate surface area is 123 Å². The summed E-state index contributed by atoms with van der Waals surface area (Å²) >= 11 is 5.96. The topological polar surface area (TPSA) is 33.5 Å². The molecule has 0 spiro atoms. The average Bonchev–Trinajstić information content (AvgIpc) is 3.03. The second-order valence-corrected chi connectivity index (χ2v) is 5.72. The first-order chi connectivity index (χ1) is 9.65. The summed E-state index contributed by atoms with van der Waals surface area (Å²) in [6, 6.07) is 11.4. The fraction of sp³-hybridized carbons (Fsp3) is 0.312. The van der Waals surface area contributed by atoms with Crippen molar-refractivity contribution in [1.29, 1.82) is 0 Å². The highest BCUT2D eigenvalue weighted by Crippen LogP contribution is 2.48. The van der Waals surface area contributed by atoms with Crippen LogP contribution in [-0.4, -0.2) is 17.9 Å². The summed E-state index contributed by atoms with van der Waals surface area (Å²) in [4.78, 5) is 14.1. The lowest BCUT2D eigenvalue weighted by atomic mass is 10.2. The Kier molecular flexibility index (Phi) is 3.53. The first-order valence-electron chi connectivity index (χ1n) is 6.68. The minimum Gasteiger partial charge on any atom is -0.469 e. The highest BCUT2D eigenvalue weighted by Gasteiger charge is 2.46. The number of hydrogen-bond donors (Lipinski definition) is 0. The van der Waals surface area contributed by atoms with Crippen molar-refractivity contribution in [2.75, 3.05) is 7.05 Å². The van der Waals surface area contributed by atoms with E-state index >= 15 is 0 Å². The second kappa shape index (κ2) is 5.33. The van der Waals surface area contributed by atoms with E-state index in [1.807, 2.05) is 43.4 Å². The van der Waals surface area contributed by atoms with Crippen LogP contribution in [0.15, 0.2) is 47.1 Å². The number of nitrogens with zero attached hydrogens (tertiary/aromatic N) is 1. The standard InChI is InChI=1S/C16H16ClNO2/c1-18(10-11-4-2-5-12(17)8-11)16(19)14-9-13(14)15-6-3-7-20-15/h2-8,13-14H,9-10H2,1H3. The van der Waals surface area contributed by atoms with E-state index in [2.05, 4.69) is 0 Å². The maximum Gasteiger partial charge on any atom is 0.226 e. The Hall–Kier alpha value is -1.74. The molecule has 104 valence electrons. The maximum absolute atomic E-state index is 12.4. The van der Waals surface area contributed by atoms with E-state index in [4.69, 9.17) is 16.0 Å². The maximum atomic E-state index is 12.4. The van der Waals surface area contributed by atoms with E-state index in [9.17, 15) is 4.79 Å². The van der Waals surface area contributed by atoms with Crippen LogP contribution in [0, 0.1) is 5.92 Å². The van der Waals surface area contributed by atoms with Gasteiger partial charge in [0, 0.05) is 30.5 Å². The zero-order valence-corrected chi connectivity index (χ0v) is 12.0. The molecule has 0 radical (unpaired) electrons. The van der Waals surface area contributed by atoms with Gasteiger partial charge >= 0.3 is 0 Å². The predicted molar refractivity (Wildman–Crippen MR) is 77.5 cm³/mol. The average molecular weight is 290 g/mol. The lowest BCUT2D eigenvalue weighted by molar-refractivity contribution is -0.131. The van der Waals surface area contributed by atoms with Crippen molar-refractivity contribution < 1.29 is 9.21 Å². The molecule has 1 amide bonds. The summed E-state index contributed by atoms with van der Waals surface area (Å²) in [5.74, 6) is 1.40. The smallest absolute Gasteiger partial charge is 0.226 e. The molecule has 0 saturated heterocycles. The minimum atomic E-state index is 0.0605. The van der Waals surface area contributed by atoms with Crippen molar-refractivity contribution in [3.63, 3.8) is 0 Å². The SMILES string of the molecule is CN(Cc1cccc(Cl)c1)C(=O)C1CC1c1ccco1. The van der Waals surface area contributed by atoms with Crippen LogP contribution in [0.5, 0.6) is 0 Å². The Morgan fingerprint density at radius 2 is 2.25 bits per heavy atom. The first kappa shape index (κ1) is 13.3. The van der Waals surface area contributed by atoms with Crippen LogP contribution >= 0.6 is 11.6 Å². The van der Waals surface area contributed by atoms with Crippen molar-refractivity contribution in [2.45, 2.75) is 18.9 Å². The molecule has 2 aromatic rings. The van der Waals surface area contributed by atoms with Gasteiger partial charge in [0.1, 0.15) is 5.76 Å². The summed E-state index contributed by atoms with van der Waals surface area (Å²) in [5, 5.41) is 0.697. The van der Waals surface area contributed by atoms with Crippen molar-refractivity contribution in [2.24, 2.45) is 5.92 Å². The van der Waals surface area contributed by atoms with Crippen LogP contribution in [0.1, 0.15) is 23.7 Å². The van der Waals surface area contributed by atoms with Crippen LogP contribution in [0.25, 0.3) is 0 Å². The van der Waals surface area contributed by atoms with Gasteiger partial charge in [0.15, 0.2) is 0 Å². The lowest BCUT2D eigenvalue weighted by Crippen LogP contribution is -2.28. The van der Waals surface area contributed by atoms with E-state index in [0.717, 1.165) is 17.7 Å². The van der Waals surface area contributed by atoms with Gasteiger partial charge in [-0.3, -0.25) is 4.79 Å². The van der Waals surface area contributed by atoms with Crippen LogP contribution in [-0.2, 0) is 11.3 Å². The fourth-order valence-electron chi connectivity index (χ4n) is 2.55. The number of carbonyl (C=O) groups excluding carboxylic acids is 1. The summed E-state index contributed by atoms with van der Waals surface area (Å²) in [6.45, 7) is 0.584. The molecule has 1 aromatic carbocycles. The van der Waals surface area contributed by atoms with Crippen LogP contribution in [0.2, 0.25) is 5.02 Å². The molecule has 1 aliphatic rings. The number of furan rings is 1. The molecule has 1 heterocycles. The van der Waals surface area contributed by atoms with Crippen molar-refractivity contribution in [3.8, 4) is 0 Å². The van der Waals surface area contributed by atoms with Gasteiger partial charge in [0.2, 0.25) is 5.91 Å². The quantitative estimate of drug-likeness (QED) is 0.860. The molecular formula is C16H16ClNO2. The molecule has 1 fully saturated rings. The Balaban J connectivity index is 1.61. The molecule has 0 bridgehead atoms. The van der Waals surface area contributed by atoms with Gasteiger partial charge in [-0.25, -0.2) is 0 Å². The van der Waals surface area contributed by atoms with E-state index in [-0.39, 0.29) is 17.7 Å². The summed E-state index contributed by atoms with van der Waals surface area (Å²) in [6.07, 6.45) is 2.54. The third-order valence-corrected chi connectivity index (χ3v) is 3.94. The molecule has 0 N–H and O–H groups in total. The largest absolute Gasteiger partial charge is 0.469 e. The number of benzene rings is 1.